The van der Waals surface area contributed by atoms with Gasteiger partial charge in [-0.2, -0.15) is 0 Å². The molecule has 0 saturated heterocycles. The van der Waals surface area contributed by atoms with Crippen LogP contribution in [0.25, 0.3) is 4.96 Å². The summed E-state index contributed by atoms with van der Waals surface area (Å²) in [6.45, 7) is 0. The number of carbonyl (C=O) groups excluding carboxylic acids is 1. The molecule has 8 heteroatoms. The Balaban J connectivity index is 2.45. The Kier molecular flexibility index (Phi) is 2.82. The molecule has 2 aromatic rings. The number of aromatic carboxylic acids is 1. The van der Waals surface area contributed by atoms with Crippen molar-refractivity contribution in [2.75, 3.05) is 0 Å². The first-order chi connectivity index (χ1) is 8.00. The number of carbonyl (C=O) groups is 2. The minimum absolute atomic E-state index is 0.0175. The Morgan fingerprint density at radius 2 is 2.35 bits per heavy atom. The molecule has 2 rings (SSSR count). The van der Waals surface area contributed by atoms with Gasteiger partial charge in [0.1, 0.15) is 6.04 Å². The molecular weight excluding hydrogens is 246 g/mol. The van der Waals surface area contributed by atoms with E-state index >= 15 is 0 Å². The molecule has 2 heterocycles. The topological polar surface area (TPSA) is 122 Å². The Morgan fingerprint density at radius 1 is 1.65 bits per heavy atom. The zero-order valence-electron chi connectivity index (χ0n) is 8.62. The van der Waals surface area contributed by atoms with E-state index in [4.69, 9.17) is 5.11 Å². The summed E-state index contributed by atoms with van der Waals surface area (Å²) in [4.78, 5) is 26.3. The lowest BCUT2D eigenvalue weighted by Crippen LogP contribution is -2.69. The van der Waals surface area contributed by atoms with Gasteiger partial charge in [0.2, 0.25) is 0 Å². The van der Waals surface area contributed by atoms with E-state index in [1.54, 1.807) is 11.6 Å². The van der Waals surface area contributed by atoms with Crippen molar-refractivity contribution in [2.45, 2.75) is 12.5 Å². The minimum Gasteiger partial charge on any atom is -0.544 e. The number of hydrogen-bond donors (Lipinski definition) is 2. The van der Waals surface area contributed by atoms with Crippen LogP contribution in [0.5, 0.6) is 0 Å². The van der Waals surface area contributed by atoms with Gasteiger partial charge in [-0.05, 0) is 0 Å². The lowest BCUT2D eigenvalue weighted by Gasteiger charge is -2.07. The summed E-state index contributed by atoms with van der Waals surface area (Å²) < 4.78 is 1.42. The number of fused-ring (bicyclic) bond motifs is 1. The van der Waals surface area contributed by atoms with Crippen LogP contribution in [-0.4, -0.2) is 32.5 Å². The van der Waals surface area contributed by atoms with Crippen LogP contribution in [-0.2, 0) is 11.2 Å². The van der Waals surface area contributed by atoms with E-state index in [0.717, 1.165) is 0 Å². The maximum Gasteiger partial charge on any atom is 0.354 e. The molecule has 0 radical (unpaired) electrons. The number of hydrogen-bond acceptors (Lipinski definition) is 5. The molecule has 0 fully saturated rings. The van der Waals surface area contributed by atoms with E-state index < -0.39 is 18.0 Å². The van der Waals surface area contributed by atoms with Gasteiger partial charge in [-0.3, -0.25) is 4.40 Å². The third kappa shape index (κ3) is 1.99. The summed E-state index contributed by atoms with van der Waals surface area (Å²) in [6.07, 6.45) is 1.52. The van der Waals surface area contributed by atoms with E-state index in [0.29, 0.717) is 4.96 Å². The maximum atomic E-state index is 11.1. The molecule has 1 unspecified atom stereocenters. The Hall–Kier alpha value is -1.93. The minimum atomic E-state index is -1.32. The highest BCUT2D eigenvalue weighted by Gasteiger charge is 2.22. The molecular formula is C9H9N3O4S. The van der Waals surface area contributed by atoms with Crippen LogP contribution in [0.3, 0.4) is 0 Å². The third-order valence-electron chi connectivity index (χ3n) is 2.31. The largest absolute Gasteiger partial charge is 0.544 e. The van der Waals surface area contributed by atoms with Crippen LogP contribution >= 0.6 is 11.3 Å². The molecule has 1 atom stereocenters. The van der Waals surface area contributed by atoms with Gasteiger partial charge >= 0.3 is 5.97 Å². The predicted octanol–water partition coefficient (Wildman–Crippen LogP) is -2.00. The molecule has 90 valence electrons. The van der Waals surface area contributed by atoms with Gasteiger partial charge < -0.3 is 20.7 Å². The molecule has 7 nitrogen and oxygen atoms in total. The standard InChI is InChI=1S/C9H9N3O4S/c10-4(7(13)14)3-5-6(8(15)16)12-1-2-17-9(12)11-5/h1-2,4H,3,10H2,(H,13,14)(H,15,16). The number of nitrogens with zero attached hydrogens (tertiary/aromatic N) is 2. The van der Waals surface area contributed by atoms with Gasteiger partial charge in [0.05, 0.1) is 18.1 Å². The van der Waals surface area contributed by atoms with Crippen LogP contribution < -0.4 is 10.8 Å². The fraction of sp³-hybridized carbons (Fsp3) is 0.222. The average Bonchev–Trinajstić information content (AvgIpc) is 2.75. The molecule has 0 saturated carbocycles. The Bertz CT molecular complexity index is 588. The summed E-state index contributed by atoms with van der Waals surface area (Å²) >= 11 is 1.28. The summed E-state index contributed by atoms with van der Waals surface area (Å²) in [6, 6.07) is -1.02. The number of aliphatic carboxylic acids is 1. The highest BCUT2D eigenvalue weighted by molar-refractivity contribution is 7.15. The fourth-order valence-electron chi connectivity index (χ4n) is 1.52. The first-order valence-electron chi connectivity index (χ1n) is 4.72. The molecule has 0 aromatic carbocycles. The zero-order valence-corrected chi connectivity index (χ0v) is 9.44. The van der Waals surface area contributed by atoms with Crippen molar-refractivity contribution in [1.29, 1.82) is 0 Å². The highest BCUT2D eigenvalue weighted by atomic mass is 32.1. The molecule has 0 aliphatic heterocycles. The van der Waals surface area contributed by atoms with E-state index in [9.17, 15) is 14.7 Å². The number of imidazole rings is 1. The SMILES string of the molecule is [NH3+]C(Cc1nc2sccn2c1C(=O)O)C(=O)[O-]. The number of aromatic nitrogens is 2. The maximum absolute atomic E-state index is 11.1. The van der Waals surface area contributed by atoms with Crippen molar-refractivity contribution in [1.82, 2.24) is 9.38 Å². The number of rotatable bonds is 4. The van der Waals surface area contributed by atoms with Crippen LogP contribution in [0.1, 0.15) is 16.2 Å². The number of carboxylic acids is 2. The Labute approximate surface area is 99.1 Å². The number of carboxylic acid groups (broad SMARTS) is 2. The predicted molar refractivity (Wildman–Crippen MR) is 55.4 cm³/mol. The first-order valence-corrected chi connectivity index (χ1v) is 5.60. The van der Waals surface area contributed by atoms with E-state index in [1.807, 2.05) is 0 Å². The molecule has 0 spiro atoms. The van der Waals surface area contributed by atoms with Crippen molar-refractivity contribution in [2.24, 2.45) is 0 Å². The van der Waals surface area contributed by atoms with Crippen LogP contribution in [0.4, 0.5) is 0 Å². The van der Waals surface area contributed by atoms with Crippen molar-refractivity contribution in [3.8, 4) is 0 Å². The molecule has 0 amide bonds. The van der Waals surface area contributed by atoms with Crippen LogP contribution in [0, 0.1) is 0 Å². The molecule has 2 aromatic heterocycles. The summed E-state index contributed by atoms with van der Waals surface area (Å²) in [5.74, 6) is -2.46. The van der Waals surface area contributed by atoms with Crippen molar-refractivity contribution < 1.29 is 25.5 Å². The van der Waals surface area contributed by atoms with E-state index in [2.05, 4.69) is 10.7 Å². The second kappa shape index (κ2) is 4.15. The normalized spacial score (nSPS) is 12.8. The van der Waals surface area contributed by atoms with Crippen molar-refractivity contribution >= 4 is 28.2 Å². The summed E-state index contributed by atoms with van der Waals surface area (Å²) in [5.41, 5.74) is 3.59. The Morgan fingerprint density at radius 3 is 2.94 bits per heavy atom. The zero-order chi connectivity index (χ0) is 12.6. The van der Waals surface area contributed by atoms with Gasteiger partial charge in [-0.25, -0.2) is 9.78 Å². The van der Waals surface area contributed by atoms with Crippen molar-refractivity contribution in [3.63, 3.8) is 0 Å². The molecule has 17 heavy (non-hydrogen) atoms. The first kappa shape index (κ1) is 11.6. The van der Waals surface area contributed by atoms with Crippen LogP contribution in [0.15, 0.2) is 11.6 Å². The van der Waals surface area contributed by atoms with Crippen molar-refractivity contribution in [3.05, 3.63) is 23.0 Å². The fourth-order valence-corrected chi connectivity index (χ4v) is 2.25. The smallest absolute Gasteiger partial charge is 0.354 e. The lowest BCUT2D eigenvalue weighted by molar-refractivity contribution is -0.437. The molecule has 0 bridgehead atoms. The van der Waals surface area contributed by atoms with E-state index in [1.165, 1.54) is 15.7 Å². The lowest BCUT2D eigenvalue weighted by atomic mass is 10.1. The number of thiazole rings is 1. The van der Waals surface area contributed by atoms with Gasteiger partial charge in [0, 0.05) is 11.6 Å². The third-order valence-corrected chi connectivity index (χ3v) is 3.07. The van der Waals surface area contributed by atoms with Crippen LogP contribution in [0.2, 0.25) is 0 Å². The summed E-state index contributed by atoms with van der Waals surface area (Å²) in [5, 5.41) is 21.4. The second-order valence-electron chi connectivity index (χ2n) is 3.49. The average molecular weight is 255 g/mol. The second-order valence-corrected chi connectivity index (χ2v) is 4.36. The monoisotopic (exact) mass is 255 g/mol. The number of quaternary nitrogens is 1. The summed E-state index contributed by atoms with van der Waals surface area (Å²) in [7, 11) is 0. The molecule has 0 aliphatic rings. The highest BCUT2D eigenvalue weighted by Crippen LogP contribution is 2.18. The van der Waals surface area contributed by atoms with Gasteiger partial charge in [-0.15, -0.1) is 11.3 Å². The molecule has 0 aliphatic carbocycles. The quantitative estimate of drug-likeness (QED) is 0.654. The van der Waals surface area contributed by atoms with E-state index in [-0.39, 0.29) is 17.8 Å². The van der Waals surface area contributed by atoms with Gasteiger partial charge in [-0.1, -0.05) is 0 Å². The van der Waals surface area contributed by atoms with Gasteiger partial charge in [0.25, 0.3) is 0 Å². The van der Waals surface area contributed by atoms with Gasteiger partial charge in [0.15, 0.2) is 10.7 Å². The molecule has 4 N–H and O–H groups in total.